The second kappa shape index (κ2) is 6.35. The van der Waals surface area contributed by atoms with Crippen molar-refractivity contribution < 1.29 is 4.79 Å². The average molecular weight is 233 g/mol. The van der Waals surface area contributed by atoms with Crippen LogP contribution in [0.2, 0.25) is 0 Å². The van der Waals surface area contributed by atoms with Crippen molar-refractivity contribution in [1.82, 2.24) is 15.6 Å². The maximum absolute atomic E-state index is 11.7. The van der Waals surface area contributed by atoms with E-state index >= 15 is 0 Å². The van der Waals surface area contributed by atoms with Gasteiger partial charge in [-0.05, 0) is 43.5 Å². The lowest BCUT2D eigenvalue weighted by Crippen LogP contribution is -2.45. The summed E-state index contributed by atoms with van der Waals surface area (Å²) in [5.41, 5.74) is 1.16. The molecule has 1 aromatic rings. The van der Waals surface area contributed by atoms with E-state index in [1.54, 1.807) is 12.4 Å². The Bertz CT molecular complexity index is 347. The number of rotatable bonds is 4. The summed E-state index contributed by atoms with van der Waals surface area (Å²) in [6, 6.07) is 4.22. The fourth-order valence-electron chi connectivity index (χ4n) is 2.08. The standard InChI is InChI=1S/C13H19N3O/c17-13(16-12-2-1-7-15-10-12)4-3-11-5-8-14-9-6-11/h5-6,8-9,12,15H,1-4,7,10H2,(H,16,17)/t12-/m0/s1. The molecule has 1 fully saturated rings. The Hall–Kier alpha value is -1.42. The first-order valence-corrected chi connectivity index (χ1v) is 6.23. The molecule has 0 aliphatic carbocycles. The average Bonchev–Trinajstić information content (AvgIpc) is 2.39. The molecule has 17 heavy (non-hydrogen) atoms. The molecule has 1 saturated heterocycles. The van der Waals surface area contributed by atoms with Gasteiger partial charge >= 0.3 is 0 Å². The zero-order chi connectivity index (χ0) is 11.9. The Kier molecular flexibility index (Phi) is 4.50. The summed E-state index contributed by atoms with van der Waals surface area (Å²) in [6.45, 7) is 1.98. The highest BCUT2D eigenvalue weighted by Gasteiger charge is 2.14. The summed E-state index contributed by atoms with van der Waals surface area (Å²) < 4.78 is 0. The largest absolute Gasteiger partial charge is 0.352 e. The van der Waals surface area contributed by atoms with E-state index in [1.165, 1.54) is 0 Å². The molecule has 0 radical (unpaired) electrons. The molecule has 4 nitrogen and oxygen atoms in total. The van der Waals surface area contributed by atoms with Crippen LogP contribution < -0.4 is 10.6 Å². The quantitative estimate of drug-likeness (QED) is 0.812. The van der Waals surface area contributed by atoms with Gasteiger partial charge in [0.15, 0.2) is 0 Å². The fraction of sp³-hybridized carbons (Fsp3) is 0.538. The maximum Gasteiger partial charge on any atom is 0.220 e. The Labute approximate surface area is 102 Å². The van der Waals surface area contributed by atoms with Gasteiger partial charge in [-0.2, -0.15) is 0 Å². The van der Waals surface area contributed by atoms with Crippen LogP contribution in [0.5, 0.6) is 0 Å². The number of aryl methyl sites for hydroxylation is 1. The normalized spacial score (nSPS) is 19.9. The Morgan fingerprint density at radius 2 is 2.29 bits per heavy atom. The van der Waals surface area contributed by atoms with Crippen LogP contribution in [-0.4, -0.2) is 30.0 Å². The van der Waals surface area contributed by atoms with E-state index in [-0.39, 0.29) is 5.91 Å². The smallest absolute Gasteiger partial charge is 0.220 e. The molecule has 0 bridgehead atoms. The zero-order valence-electron chi connectivity index (χ0n) is 9.98. The van der Waals surface area contributed by atoms with Gasteiger partial charge < -0.3 is 10.6 Å². The molecule has 2 heterocycles. The van der Waals surface area contributed by atoms with Gasteiger partial charge in [0.2, 0.25) is 5.91 Å². The van der Waals surface area contributed by atoms with Crippen LogP contribution >= 0.6 is 0 Å². The first kappa shape index (κ1) is 12.0. The summed E-state index contributed by atoms with van der Waals surface area (Å²) in [7, 11) is 0. The fourth-order valence-corrected chi connectivity index (χ4v) is 2.08. The van der Waals surface area contributed by atoms with Crippen LogP contribution in [0.15, 0.2) is 24.5 Å². The minimum absolute atomic E-state index is 0.149. The molecule has 0 aromatic carbocycles. The van der Waals surface area contributed by atoms with Gasteiger partial charge in [0.05, 0.1) is 0 Å². The molecular formula is C13H19N3O. The maximum atomic E-state index is 11.7. The summed E-state index contributed by atoms with van der Waals surface area (Å²) in [6.07, 6.45) is 7.11. The van der Waals surface area contributed by atoms with Crippen molar-refractivity contribution >= 4 is 5.91 Å². The summed E-state index contributed by atoms with van der Waals surface area (Å²) >= 11 is 0. The Balaban J connectivity index is 1.70. The third-order valence-corrected chi connectivity index (χ3v) is 3.05. The molecule has 4 heteroatoms. The van der Waals surface area contributed by atoms with Crippen LogP contribution in [-0.2, 0) is 11.2 Å². The molecule has 0 unspecified atom stereocenters. The number of carbonyl (C=O) groups is 1. The number of nitrogens with one attached hydrogen (secondary N) is 2. The van der Waals surface area contributed by atoms with Gasteiger partial charge in [-0.1, -0.05) is 0 Å². The van der Waals surface area contributed by atoms with E-state index in [0.717, 1.165) is 37.9 Å². The van der Waals surface area contributed by atoms with Crippen LogP contribution in [0, 0.1) is 0 Å². The van der Waals surface area contributed by atoms with E-state index in [9.17, 15) is 4.79 Å². The van der Waals surface area contributed by atoms with Crippen molar-refractivity contribution in [1.29, 1.82) is 0 Å². The second-order valence-corrected chi connectivity index (χ2v) is 4.47. The molecule has 1 aliphatic rings. The van der Waals surface area contributed by atoms with Crippen molar-refractivity contribution in [3.8, 4) is 0 Å². The van der Waals surface area contributed by atoms with Crippen LogP contribution in [0.1, 0.15) is 24.8 Å². The van der Waals surface area contributed by atoms with Gasteiger partial charge in [-0.15, -0.1) is 0 Å². The lowest BCUT2D eigenvalue weighted by atomic mass is 10.1. The first-order chi connectivity index (χ1) is 8.34. The highest BCUT2D eigenvalue weighted by molar-refractivity contribution is 5.76. The Morgan fingerprint density at radius 3 is 3.00 bits per heavy atom. The minimum atomic E-state index is 0.149. The number of aromatic nitrogens is 1. The van der Waals surface area contributed by atoms with Crippen LogP contribution in [0.3, 0.4) is 0 Å². The van der Waals surface area contributed by atoms with E-state index in [4.69, 9.17) is 0 Å². The number of amides is 1. The van der Waals surface area contributed by atoms with Crippen LogP contribution in [0.4, 0.5) is 0 Å². The third kappa shape index (κ3) is 4.15. The van der Waals surface area contributed by atoms with Gasteiger partial charge in [0.1, 0.15) is 0 Å². The van der Waals surface area contributed by atoms with E-state index in [1.807, 2.05) is 12.1 Å². The molecule has 1 amide bonds. The second-order valence-electron chi connectivity index (χ2n) is 4.47. The van der Waals surface area contributed by atoms with E-state index in [2.05, 4.69) is 15.6 Å². The minimum Gasteiger partial charge on any atom is -0.352 e. The van der Waals surface area contributed by atoms with Gasteiger partial charge in [-0.25, -0.2) is 0 Å². The molecule has 0 saturated carbocycles. The number of nitrogens with zero attached hydrogens (tertiary/aromatic N) is 1. The lowest BCUT2D eigenvalue weighted by molar-refractivity contribution is -0.121. The highest BCUT2D eigenvalue weighted by Crippen LogP contribution is 2.04. The van der Waals surface area contributed by atoms with Gasteiger partial charge in [0.25, 0.3) is 0 Å². The van der Waals surface area contributed by atoms with Gasteiger partial charge in [0, 0.05) is 31.4 Å². The van der Waals surface area contributed by atoms with Crippen molar-refractivity contribution in [3.05, 3.63) is 30.1 Å². The molecule has 1 aromatic heterocycles. The Morgan fingerprint density at radius 1 is 1.47 bits per heavy atom. The molecule has 2 rings (SSSR count). The highest BCUT2D eigenvalue weighted by atomic mass is 16.1. The van der Waals surface area contributed by atoms with Crippen molar-refractivity contribution in [2.75, 3.05) is 13.1 Å². The zero-order valence-corrected chi connectivity index (χ0v) is 9.98. The van der Waals surface area contributed by atoms with Crippen molar-refractivity contribution in [2.24, 2.45) is 0 Å². The van der Waals surface area contributed by atoms with Crippen molar-refractivity contribution in [3.63, 3.8) is 0 Å². The topological polar surface area (TPSA) is 54.0 Å². The predicted molar refractivity (Wildman–Crippen MR) is 66.6 cm³/mol. The number of hydrogen-bond donors (Lipinski definition) is 2. The summed E-state index contributed by atoms with van der Waals surface area (Å²) in [5.74, 6) is 0.149. The lowest BCUT2D eigenvalue weighted by Gasteiger charge is -2.23. The molecule has 2 N–H and O–H groups in total. The number of hydrogen-bond acceptors (Lipinski definition) is 3. The first-order valence-electron chi connectivity index (χ1n) is 6.23. The summed E-state index contributed by atoms with van der Waals surface area (Å²) in [5, 5.41) is 6.36. The monoisotopic (exact) mass is 233 g/mol. The molecule has 1 atom stereocenters. The number of pyridine rings is 1. The SMILES string of the molecule is O=C(CCc1ccncc1)N[C@H]1CCCNC1. The molecule has 92 valence electrons. The van der Waals surface area contributed by atoms with Crippen molar-refractivity contribution in [2.45, 2.75) is 31.7 Å². The van der Waals surface area contributed by atoms with Crippen LogP contribution in [0.25, 0.3) is 0 Å². The number of piperidine rings is 1. The summed E-state index contributed by atoms with van der Waals surface area (Å²) in [4.78, 5) is 15.7. The van der Waals surface area contributed by atoms with E-state index in [0.29, 0.717) is 12.5 Å². The molecular weight excluding hydrogens is 214 g/mol. The predicted octanol–water partition coefficient (Wildman–Crippen LogP) is 0.882. The molecule has 0 spiro atoms. The molecule has 1 aliphatic heterocycles. The van der Waals surface area contributed by atoms with E-state index < -0.39 is 0 Å². The van der Waals surface area contributed by atoms with Gasteiger partial charge in [-0.3, -0.25) is 9.78 Å². The third-order valence-electron chi connectivity index (χ3n) is 3.05. The number of carbonyl (C=O) groups excluding carboxylic acids is 1.